The van der Waals surface area contributed by atoms with Crippen LogP contribution in [0.3, 0.4) is 0 Å². The third-order valence-electron chi connectivity index (χ3n) is 5.21. The molecule has 1 aromatic rings. The summed E-state index contributed by atoms with van der Waals surface area (Å²) in [4.78, 5) is 13.5. The van der Waals surface area contributed by atoms with Crippen molar-refractivity contribution >= 4 is 15.9 Å². The van der Waals surface area contributed by atoms with Crippen LogP contribution in [0, 0.1) is 11.8 Å². The maximum Gasteiger partial charge on any atom is 0.317 e. The number of amides is 2. The van der Waals surface area contributed by atoms with Crippen LogP contribution in [-0.4, -0.2) is 51.0 Å². The Balaban J connectivity index is 1.45. The zero-order chi connectivity index (χ0) is 16.6. The first-order valence-corrected chi connectivity index (χ1v) is 10.0. The lowest BCUT2D eigenvalue weighted by molar-refractivity contribution is 0.210. The number of hydrogen-bond donors (Lipinski definition) is 1. The van der Waals surface area contributed by atoms with E-state index in [9.17, 15) is 13.2 Å². The molecular formula is C17H24N2O3S. The van der Waals surface area contributed by atoms with E-state index in [1.807, 2.05) is 0 Å². The number of carbonyl (C=O) groups excluding carboxylic acids is 1. The number of benzene rings is 1. The minimum absolute atomic E-state index is 0.0233. The molecular weight excluding hydrogens is 312 g/mol. The monoisotopic (exact) mass is 336 g/mol. The van der Waals surface area contributed by atoms with Crippen LogP contribution in [0.1, 0.15) is 24.0 Å². The standard InChI is InChI=1S/C17H24N2O3S/c1-3-23(21,22)9-8-19(2)17(20)18-11-15-14-10-12-6-4-5-7-13(12)16(14)15/h4-7,14-16H,3,8-11H2,1-2H3,(H,18,20)/t14-,15-,16+/m1/s1. The molecule has 1 saturated carbocycles. The summed E-state index contributed by atoms with van der Waals surface area (Å²) in [7, 11) is -1.39. The molecule has 126 valence electrons. The Morgan fingerprint density at radius 2 is 2.09 bits per heavy atom. The minimum atomic E-state index is -3.03. The van der Waals surface area contributed by atoms with Crippen LogP contribution in [0.5, 0.6) is 0 Å². The van der Waals surface area contributed by atoms with E-state index >= 15 is 0 Å². The van der Waals surface area contributed by atoms with E-state index < -0.39 is 9.84 Å². The fourth-order valence-corrected chi connectivity index (χ4v) is 4.46. The van der Waals surface area contributed by atoms with Crippen molar-refractivity contribution in [1.82, 2.24) is 10.2 Å². The van der Waals surface area contributed by atoms with Crippen LogP contribution >= 0.6 is 0 Å². The number of carbonyl (C=O) groups is 1. The van der Waals surface area contributed by atoms with Crippen LogP contribution in [0.4, 0.5) is 4.79 Å². The molecule has 1 fully saturated rings. The van der Waals surface area contributed by atoms with Gasteiger partial charge in [0.05, 0.1) is 5.75 Å². The molecule has 0 saturated heterocycles. The molecule has 2 amide bonds. The summed E-state index contributed by atoms with van der Waals surface area (Å²) in [6.45, 7) is 2.54. The molecule has 3 rings (SSSR count). The van der Waals surface area contributed by atoms with Crippen LogP contribution in [0.2, 0.25) is 0 Å². The molecule has 0 unspecified atom stereocenters. The van der Waals surface area contributed by atoms with Crippen molar-refractivity contribution in [3.63, 3.8) is 0 Å². The van der Waals surface area contributed by atoms with Crippen molar-refractivity contribution < 1.29 is 13.2 Å². The highest BCUT2D eigenvalue weighted by molar-refractivity contribution is 7.91. The fraction of sp³-hybridized carbons (Fsp3) is 0.588. The first kappa shape index (κ1) is 16.3. The number of nitrogens with zero attached hydrogens (tertiary/aromatic N) is 1. The number of fused-ring (bicyclic) bond motifs is 3. The molecule has 0 radical (unpaired) electrons. The maximum absolute atomic E-state index is 12.1. The fourth-order valence-electron chi connectivity index (χ4n) is 3.62. The summed E-state index contributed by atoms with van der Waals surface area (Å²) in [5.74, 6) is 1.93. The van der Waals surface area contributed by atoms with E-state index in [-0.39, 0.29) is 24.1 Å². The van der Waals surface area contributed by atoms with Crippen molar-refractivity contribution in [2.45, 2.75) is 19.3 Å². The van der Waals surface area contributed by atoms with E-state index in [4.69, 9.17) is 0 Å². The van der Waals surface area contributed by atoms with Crippen molar-refractivity contribution in [3.05, 3.63) is 35.4 Å². The number of nitrogens with one attached hydrogen (secondary N) is 1. The Morgan fingerprint density at radius 3 is 2.83 bits per heavy atom. The minimum Gasteiger partial charge on any atom is -0.338 e. The Kier molecular flexibility index (Phi) is 4.36. The van der Waals surface area contributed by atoms with Gasteiger partial charge in [-0.25, -0.2) is 13.2 Å². The van der Waals surface area contributed by atoms with Gasteiger partial charge in [0, 0.05) is 25.9 Å². The lowest BCUT2D eigenvalue weighted by Crippen LogP contribution is -2.40. The van der Waals surface area contributed by atoms with E-state index in [0.717, 1.165) is 6.42 Å². The summed E-state index contributed by atoms with van der Waals surface area (Å²) in [5, 5.41) is 2.95. The van der Waals surface area contributed by atoms with Gasteiger partial charge < -0.3 is 10.2 Å². The zero-order valence-corrected chi connectivity index (χ0v) is 14.5. The van der Waals surface area contributed by atoms with Crippen LogP contribution in [0.25, 0.3) is 0 Å². The SMILES string of the molecule is CCS(=O)(=O)CCN(C)C(=O)NC[C@@H]1[C@H]2Cc3ccccc3[C@H]12. The van der Waals surface area contributed by atoms with Gasteiger partial charge in [0.2, 0.25) is 0 Å². The van der Waals surface area contributed by atoms with Gasteiger partial charge in [0.1, 0.15) is 0 Å². The predicted octanol–water partition coefficient (Wildman–Crippen LogP) is 1.65. The normalized spacial score (nSPS) is 24.7. The van der Waals surface area contributed by atoms with Gasteiger partial charge in [0.15, 0.2) is 9.84 Å². The Hall–Kier alpha value is -1.56. The third kappa shape index (κ3) is 3.37. The highest BCUT2D eigenvalue weighted by atomic mass is 32.2. The highest BCUT2D eigenvalue weighted by Crippen LogP contribution is 2.60. The molecule has 1 aromatic carbocycles. The van der Waals surface area contributed by atoms with Gasteiger partial charge in [-0.1, -0.05) is 31.2 Å². The molecule has 0 aliphatic heterocycles. The number of rotatable bonds is 6. The number of urea groups is 1. The second kappa shape index (κ2) is 6.15. The average Bonchev–Trinajstić information content (AvgIpc) is 3.08. The van der Waals surface area contributed by atoms with Crippen molar-refractivity contribution in [2.24, 2.45) is 11.8 Å². The largest absolute Gasteiger partial charge is 0.338 e. The van der Waals surface area contributed by atoms with Gasteiger partial charge in [-0.15, -0.1) is 0 Å². The average molecular weight is 336 g/mol. The lowest BCUT2D eigenvalue weighted by Gasteiger charge is -2.18. The molecule has 23 heavy (non-hydrogen) atoms. The van der Waals surface area contributed by atoms with Crippen molar-refractivity contribution in [2.75, 3.05) is 31.6 Å². The summed E-state index contributed by atoms with van der Waals surface area (Å²) in [6, 6.07) is 8.37. The van der Waals surface area contributed by atoms with Crippen molar-refractivity contribution in [3.8, 4) is 0 Å². The smallest absolute Gasteiger partial charge is 0.317 e. The topological polar surface area (TPSA) is 66.5 Å². The number of sulfone groups is 1. The molecule has 2 aliphatic carbocycles. The van der Waals surface area contributed by atoms with Gasteiger partial charge in [-0.2, -0.15) is 0 Å². The van der Waals surface area contributed by atoms with Gasteiger partial charge in [0.25, 0.3) is 0 Å². The Labute approximate surface area is 138 Å². The summed E-state index contributed by atoms with van der Waals surface area (Å²) < 4.78 is 23.0. The van der Waals surface area contributed by atoms with E-state index in [1.54, 1.807) is 14.0 Å². The Morgan fingerprint density at radius 1 is 1.35 bits per heavy atom. The molecule has 0 spiro atoms. The molecule has 0 bridgehead atoms. The molecule has 0 aromatic heterocycles. The molecule has 5 nitrogen and oxygen atoms in total. The maximum atomic E-state index is 12.1. The Bertz CT molecular complexity index is 702. The second-order valence-electron chi connectivity index (χ2n) is 6.60. The third-order valence-corrected chi connectivity index (χ3v) is 6.90. The molecule has 0 heterocycles. The molecule has 2 aliphatic rings. The van der Waals surface area contributed by atoms with E-state index in [2.05, 4.69) is 29.6 Å². The van der Waals surface area contributed by atoms with Gasteiger partial charge in [-0.3, -0.25) is 0 Å². The molecule has 1 N–H and O–H groups in total. The van der Waals surface area contributed by atoms with E-state index in [0.29, 0.717) is 24.3 Å². The second-order valence-corrected chi connectivity index (χ2v) is 9.07. The summed E-state index contributed by atoms with van der Waals surface area (Å²) in [5.41, 5.74) is 2.89. The van der Waals surface area contributed by atoms with E-state index in [1.165, 1.54) is 16.0 Å². The first-order valence-electron chi connectivity index (χ1n) is 8.20. The molecule has 3 atom stereocenters. The first-order chi connectivity index (χ1) is 10.9. The molecule has 6 heteroatoms. The van der Waals surface area contributed by atoms with Crippen molar-refractivity contribution in [1.29, 1.82) is 0 Å². The van der Waals surface area contributed by atoms with Crippen LogP contribution in [-0.2, 0) is 16.3 Å². The highest BCUT2D eigenvalue weighted by Gasteiger charge is 2.55. The quantitative estimate of drug-likeness (QED) is 0.859. The van der Waals surface area contributed by atoms with Gasteiger partial charge in [-0.05, 0) is 35.3 Å². The zero-order valence-electron chi connectivity index (χ0n) is 13.7. The van der Waals surface area contributed by atoms with Crippen LogP contribution < -0.4 is 5.32 Å². The van der Waals surface area contributed by atoms with Gasteiger partial charge >= 0.3 is 6.03 Å². The number of hydrogen-bond acceptors (Lipinski definition) is 3. The lowest BCUT2D eigenvalue weighted by atomic mass is 10.0. The summed E-state index contributed by atoms with van der Waals surface area (Å²) >= 11 is 0. The summed E-state index contributed by atoms with van der Waals surface area (Å²) in [6.07, 6.45) is 1.12. The van der Waals surface area contributed by atoms with Crippen LogP contribution in [0.15, 0.2) is 24.3 Å². The predicted molar refractivity (Wildman–Crippen MR) is 90.2 cm³/mol.